The molecule has 2 aliphatic rings. The largest absolute Gasteiger partial charge is 0.494 e. The number of nitrogens with one attached hydrogen (secondary N) is 2. The highest BCUT2D eigenvalue weighted by atomic mass is 79.9. The number of halogens is 1. The fraction of sp³-hybridized carbons (Fsp3) is 0.400. The van der Waals surface area contributed by atoms with Crippen molar-refractivity contribution in [1.82, 2.24) is 34.6 Å². The molecule has 0 bridgehead atoms. The molecule has 0 radical (unpaired) electrons. The van der Waals surface area contributed by atoms with Gasteiger partial charge in [0.25, 0.3) is 0 Å². The Morgan fingerprint density at radius 1 is 0.980 bits per heavy atom. The van der Waals surface area contributed by atoms with Crippen LogP contribution in [0.1, 0.15) is 32.4 Å². The number of piperidine rings is 1. The van der Waals surface area contributed by atoms with E-state index in [2.05, 4.69) is 82.4 Å². The summed E-state index contributed by atoms with van der Waals surface area (Å²) in [6, 6.07) is 9.02. The minimum Gasteiger partial charge on any atom is -0.494 e. The van der Waals surface area contributed by atoms with Gasteiger partial charge in [0, 0.05) is 92.4 Å². The molecule has 5 heterocycles. The van der Waals surface area contributed by atoms with Crippen LogP contribution >= 0.6 is 23.1 Å². The van der Waals surface area contributed by atoms with Gasteiger partial charge in [-0.25, -0.2) is 4.98 Å². The number of aromatic nitrogens is 6. The fourth-order valence-corrected chi connectivity index (χ4v) is 8.83. The van der Waals surface area contributed by atoms with Crippen LogP contribution in [-0.2, 0) is 18.0 Å². The molecule has 5 aromatic rings. The van der Waals surface area contributed by atoms with Crippen molar-refractivity contribution in [3.05, 3.63) is 59.2 Å². The van der Waals surface area contributed by atoms with Gasteiger partial charge in [-0.15, -0.1) is 0 Å². The highest BCUT2D eigenvalue weighted by molar-refractivity contribution is 9.10. The number of hydrogen-bond acceptors (Lipinski definition) is 11. The van der Waals surface area contributed by atoms with Crippen molar-refractivity contribution < 1.29 is 9.30 Å². The Hall–Kier alpha value is -4.06. The summed E-state index contributed by atoms with van der Waals surface area (Å²) >= 11 is 3.61. The van der Waals surface area contributed by atoms with Crippen LogP contribution in [0, 0.1) is 0 Å². The highest BCUT2D eigenvalue weighted by Crippen LogP contribution is 2.45. The maximum atomic E-state index is 13.5. The first-order valence-corrected chi connectivity index (χ1v) is 20.0. The third-order valence-corrected chi connectivity index (χ3v) is 11.7. The van der Waals surface area contributed by atoms with Gasteiger partial charge in [0.15, 0.2) is 0 Å². The number of rotatable bonds is 8. The smallest absolute Gasteiger partial charge is 0.229 e. The molecule has 12 nitrogen and oxygen atoms in total. The van der Waals surface area contributed by atoms with E-state index in [0.29, 0.717) is 56.1 Å². The van der Waals surface area contributed by atoms with Crippen LogP contribution in [0.25, 0.3) is 22.2 Å². The van der Waals surface area contributed by atoms with E-state index >= 15 is 0 Å². The Kier molecular flexibility index (Phi) is 9.10. The number of benzene rings is 2. The van der Waals surface area contributed by atoms with Gasteiger partial charge in [0.2, 0.25) is 5.95 Å². The molecule has 0 atom stereocenters. The number of likely N-dealkylation sites (tertiary alicyclic amines) is 1. The Morgan fingerprint density at radius 2 is 1.76 bits per heavy atom. The van der Waals surface area contributed by atoms with E-state index in [4.69, 9.17) is 9.72 Å². The number of hydrogen-bond donors (Lipinski definition) is 2. The fourth-order valence-electron chi connectivity index (χ4n) is 7.14. The molecule has 2 N–H and O–H groups in total. The molecule has 7 rings (SSSR count). The van der Waals surface area contributed by atoms with Crippen molar-refractivity contribution >= 4 is 68.2 Å². The molecule has 0 saturated carbocycles. The van der Waals surface area contributed by atoms with Gasteiger partial charge in [-0.1, -0.05) is 0 Å². The van der Waals surface area contributed by atoms with Crippen LogP contribution in [0.2, 0.25) is 0 Å². The van der Waals surface area contributed by atoms with Crippen molar-refractivity contribution in [2.75, 3.05) is 55.6 Å². The van der Waals surface area contributed by atoms with Gasteiger partial charge < -0.3 is 29.7 Å². The topological polar surface area (TPSA) is 126 Å². The molecule has 256 valence electrons. The highest BCUT2D eigenvalue weighted by Gasteiger charge is 2.32. The van der Waals surface area contributed by atoms with Gasteiger partial charge in [-0.3, -0.25) is 14.6 Å². The van der Waals surface area contributed by atoms with Crippen molar-refractivity contribution in [1.29, 1.82) is 0 Å². The molecule has 14 heteroatoms. The minimum absolute atomic E-state index is 0.375. The number of methoxy groups -OCH3 is 1. The van der Waals surface area contributed by atoms with Crippen molar-refractivity contribution in [3.63, 3.8) is 0 Å². The van der Waals surface area contributed by atoms with Crippen LogP contribution in [0.3, 0.4) is 0 Å². The van der Waals surface area contributed by atoms with E-state index < -0.39 is 7.14 Å². The van der Waals surface area contributed by atoms with E-state index in [1.807, 2.05) is 30.1 Å². The molecule has 0 amide bonds. The lowest BCUT2D eigenvalue weighted by molar-refractivity contribution is 0.170. The van der Waals surface area contributed by atoms with E-state index in [1.54, 1.807) is 39.0 Å². The third kappa shape index (κ3) is 6.51. The summed E-state index contributed by atoms with van der Waals surface area (Å²) in [6.45, 7) is 11.1. The Balaban J connectivity index is 1.25. The first-order valence-electron chi connectivity index (χ1n) is 16.6. The molecule has 1 fully saturated rings. The van der Waals surface area contributed by atoms with Crippen molar-refractivity contribution in [2.45, 2.75) is 45.2 Å². The van der Waals surface area contributed by atoms with Crippen LogP contribution in [0.15, 0.2) is 53.5 Å². The maximum Gasteiger partial charge on any atom is 0.229 e. The standard InChI is InChI=1S/C35H42BrN10O2P/c1-21(2)45-14-9-22(10-15-45)46-16-11-29-24(19-40-44(29)3)23-17-28(31(48-4)18-30(23)46)42-35-39-20-25(36)34(43-35)41-27-8-7-26-32(38-13-12-37-26)33(27)49(5,6)47/h7-8,12-13,17-22H,9-11,14-16H2,1-6H3,(H2,39,41,42,43). The predicted octanol–water partition coefficient (Wildman–Crippen LogP) is 6.56. The molecule has 49 heavy (non-hydrogen) atoms. The summed E-state index contributed by atoms with van der Waals surface area (Å²) in [5.41, 5.74) is 7.29. The number of fused-ring (bicyclic) bond motifs is 4. The van der Waals surface area contributed by atoms with Gasteiger partial charge in [0.05, 0.1) is 40.0 Å². The predicted molar refractivity (Wildman–Crippen MR) is 201 cm³/mol. The summed E-state index contributed by atoms with van der Waals surface area (Å²) in [5, 5.41) is 12.1. The monoisotopic (exact) mass is 744 g/mol. The van der Waals surface area contributed by atoms with E-state index in [9.17, 15) is 4.57 Å². The zero-order valence-corrected chi connectivity index (χ0v) is 31.2. The second-order valence-corrected chi connectivity index (χ2v) is 17.4. The SMILES string of the molecule is COc1cc2c(cc1Nc1ncc(Br)c(Nc3ccc4nccnc4c3P(C)(C)=O)n1)-c1cnn(C)c1CCN2C1CCN(C(C)C)CC1. The number of aryl methyl sites for hydroxylation is 1. The Labute approximate surface area is 295 Å². The van der Waals surface area contributed by atoms with Gasteiger partial charge in [-0.2, -0.15) is 10.1 Å². The van der Waals surface area contributed by atoms with Crippen LogP contribution in [0.5, 0.6) is 5.75 Å². The lowest BCUT2D eigenvalue weighted by atomic mass is 9.98. The van der Waals surface area contributed by atoms with E-state index in [1.165, 1.54) is 5.69 Å². The molecule has 0 aliphatic carbocycles. The van der Waals surface area contributed by atoms with Crippen LogP contribution < -0.4 is 25.6 Å². The Morgan fingerprint density at radius 3 is 2.49 bits per heavy atom. The average molecular weight is 746 g/mol. The van der Waals surface area contributed by atoms with Gasteiger partial charge in [0.1, 0.15) is 24.2 Å². The lowest BCUT2D eigenvalue weighted by Crippen LogP contribution is -2.47. The second-order valence-electron chi connectivity index (χ2n) is 13.4. The summed E-state index contributed by atoms with van der Waals surface area (Å²) in [7, 11) is 0.949. The summed E-state index contributed by atoms with van der Waals surface area (Å²) < 4.78 is 22.2. The van der Waals surface area contributed by atoms with Crippen molar-refractivity contribution in [3.8, 4) is 16.9 Å². The van der Waals surface area contributed by atoms with E-state index in [0.717, 1.165) is 61.4 Å². The normalized spacial score (nSPS) is 15.6. The second kappa shape index (κ2) is 13.3. The zero-order valence-electron chi connectivity index (χ0n) is 28.7. The molecule has 3 aromatic heterocycles. The van der Waals surface area contributed by atoms with E-state index in [-0.39, 0.29) is 0 Å². The third-order valence-electron chi connectivity index (χ3n) is 9.63. The maximum absolute atomic E-state index is 13.5. The number of anilines is 5. The van der Waals surface area contributed by atoms with Crippen LogP contribution in [-0.4, -0.2) is 86.8 Å². The summed E-state index contributed by atoms with van der Waals surface area (Å²) in [4.78, 5) is 23.5. The summed E-state index contributed by atoms with van der Waals surface area (Å²) in [6.07, 6.45) is 10.1. The molecular weight excluding hydrogens is 703 g/mol. The number of nitrogens with zero attached hydrogens (tertiary/aromatic N) is 8. The average Bonchev–Trinajstić information content (AvgIpc) is 3.37. The zero-order chi connectivity index (χ0) is 34.4. The first-order chi connectivity index (χ1) is 23.5. The first kappa shape index (κ1) is 33.4. The summed E-state index contributed by atoms with van der Waals surface area (Å²) in [5.74, 6) is 1.59. The van der Waals surface area contributed by atoms with Gasteiger partial charge >= 0.3 is 0 Å². The lowest BCUT2D eigenvalue weighted by Gasteiger charge is -2.41. The molecule has 1 saturated heterocycles. The molecule has 2 aromatic carbocycles. The van der Waals surface area contributed by atoms with Crippen molar-refractivity contribution in [2.24, 2.45) is 7.05 Å². The number of ether oxygens (including phenoxy) is 1. The molecule has 0 unspecified atom stereocenters. The quantitative estimate of drug-likeness (QED) is 0.168. The minimum atomic E-state index is -2.76. The molecular formula is C35H42BrN10O2P. The van der Waals surface area contributed by atoms with Crippen LogP contribution in [0.4, 0.5) is 28.8 Å². The Bertz CT molecular complexity index is 2070. The van der Waals surface area contributed by atoms with Gasteiger partial charge in [-0.05, 0) is 74.1 Å². The molecule has 2 aliphatic heterocycles. The molecule has 0 spiro atoms.